The molecule has 30 heavy (non-hydrogen) atoms. The summed E-state index contributed by atoms with van der Waals surface area (Å²) in [5.41, 5.74) is 1.60. The smallest absolute Gasteiger partial charge is 0.226 e. The van der Waals surface area contributed by atoms with Crippen LogP contribution in [0.25, 0.3) is 44.3 Å². The average molecular weight is 414 g/mol. The summed E-state index contributed by atoms with van der Waals surface area (Å²) in [7, 11) is 1.65. The van der Waals surface area contributed by atoms with Crippen molar-refractivity contribution in [1.29, 1.82) is 0 Å². The Morgan fingerprint density at radius 3 is 1.83 bits per heavy atom. The van der Waals surface area contributed by atoms with Crippen LogP contribution in [0.4, 0.5) is 0 Å². The van der Waals surface area contributed by atoms with Gasteiger partial charge in [-0.1, -0.05) is 48.5 Å². The van der Waals surface area contributed by atoms with Crippen LogP contribution in [-0.2, 0) is 0 Å². The van der Waals surface area contributed by atoms with Gasteiger partial charge in [-0.25, -0.2) is 4.98 Å². The molecule has 1 heterocycles. The van der Waals surface area contributed by atoms with Gasteiger partial charge in [0, 0.05) is 21.9 Å². The van der Waals surface area contributed by atoms with Gasteiger partial charge in [0.2, 0.25) is 5.28 Å². The molecule has 0 atom stereocenters. The topological polar surface area (TPSA) is 68.1 Å². The highest BCUT2D eigenvalue weighted by Crippen LogP contribution is 2.36. The molecule has 0 fully saturated rings. The lowest BCUT2D eigenvalue weighted by atomic mass is 10.0. The van der Waals surface area contributed by atoms with Crippen molar-refractivity contribution in [1.82, 2.24) is 15.0 Å². The first-order valence-electron chi connectivity index (χ1n) is 9.34. The second-order valence-corrected chi connectivity index (χ2v) is 7.13. The van der Waals surface area contributed by atoms with Crippen molar-refractivity contribution in [2.24, 2.45) is 0 Å². The zero-order valence-corrected chi connectivity index (χ0v) is 16.8. The highest BCUT2D eigenvalue weighted by atomic mass is 35.5. The molecule has 0 bridgehead atoms. The van der Waals surface area contributed by atoms with Crippen LogP contribution in [0.2, 0.25) is 5.28 Å². The molecule has 0 aliphatic rings. The molecular weight excluding hydrogens is 398 g/mol. The lowest BCUT2D eigenvalue weighted by molar-refractivity contribution is 0.420. The number of benzene rings is 4. The van der Waals surface area contributed by atoms with Gasteiger partial charge in [-0.3, -0.25) is 0 Å². The van der Waals surface area contributed by atoms with E-state index in [-0.39, 0.29) is 11.0 Å². The van der Waals surface area contributed by atoms with Crippen molar-refractivity contribution in [3.8, 4) is 34.3 Å². The van der Waals surface area contributed by atoms with Crippen molar-refractivity contribution >= 4 is 33.1 Å². The number of aromatic nitrogens is 3. The third-order valence-corrected chi connectivity index (χ3v) is 5.26. The van der Waals surface area contributed by atoms with Crippen LogP contribution in [0.15, 0.2) is 72.8 Å². The maximum absolute atomic E-state index is 10.2. The fourth-order valence-electron chi connectivity index (χ4n) is 3.71. The van der Waals surface area contributed by atoms with E-state index in [1.54, 1.807) is 19.2 Å². The minimum atomic E-state index is 0.104. The quantitative estimate of drug-likeness (QED) is 0.400. The van der Waals surface area contributed by atoms with Crippen molar-refractivity contribution in [3.63, 3.8) is 0 Å². The second-order valence-electron chi connectivity index (χ2n) is 6.79. The van der Waals surface area contributed by atoms with Crippen LogP contribution in [0.5, 0.6) is 11.5 Å². The highest BCUT2D eigenvalue weighted by Gasteiger charge is 2.16. The largest absolute Gasteiger partial charge is 0.507 e. The van der Waals surface area contributed by atoms with Crippen LogP contribution in [-0.4, -0.2) is 27.2 Å². The van der Waals surface area contributed by atoms with Gasteiger partial charge in [0.15, 0.2) is 11.6 Å². The molecule has 5 aromatic rings. The molecule has 0 amide bonds. The Morgan fingerprint density at radius 1 is 0.667 bits per heavy atom. The predicted molar refractivity (Wildman–Crippen MR) is 119 cm³/mol. The molecule has 5 rings (SSSR count). The van der Waals surface area contributed by atoms with Gasteiger partial charge in [0.05, 0.1) is 7.11 Å². The summed E-state index contributed by atoms with van der Waals surface area (Å²) < 4.78 is 5.49. The zero-order valence-electron chi connectivity index (χ0n) is 16.0. The molecule has 0 unspecified atom stereocenters. The third kappa shape index (κ3) is 3.00. The summed E-state index contributed by atoms with van der Waals surface area (Å²) in [5.74, 6) is 1.90. The Kier molecular flexibility index (Phi) is 4.45. The standard InChI is InChI=1S/C24H16ClN3O2/c1-30-21-13-11-19(15-7-3-5-9-17(15)21)23-26-22(27-24(25)28-23)18-10-12-20(29)16-8-4-2-6-14(16)18/h2-13,29H,1H3. The number of ether oxygens (including phenoxy) is 1. The number of halogens is 1. The molecule has 0 radical (unpaired) electrons. The molecule has 1 aromatic heterocycles. The van der Waals surface area contributed by atoms with Gasteiger partial charge in [0.1, 0.15) is 11.5 Å². The fraction of sp³-hybridized carbons (Fsp3) is 0.0417. The Balaban J connectivity index is 1.76. The molecule has 5 nitrogen and oxygen atoms in total. The molecule has 0 saturated carbocycles. The second kappa shape index (κ2) is 7.28. The normalized spacial score (nSPS) is 11.1. The number of hydrogen-bond donors (Lipinski definition) is 1. The van der Waals surface area contributed by atoms with Gasteiger partial charge >= 0.3 is 0 Å². The van der Waals surface area contributed by atoms with Crippen LogP contribution in [0, 0.1) is 0 Å². The van der Waals surface area contributed by atoms with Crippen LogP contribution >= 0.6 is 11.6 Å². The van der Waals surface area contributed by atoms with Crippen molar-refractivity contribution in [2.75, 3.05) is 7.11 Å². The number of rotatable bonds is 3. The Morgan fingerprint density at radius 2 is 1.20 bits per heavy atom. The summed E-state index contributed by atoms with van der Waals surface area (Å²) in [6.07, 6.45) is 0. The van der Waals surface area contributed by atoms with Crippen molar-refractivity contribution < 1.29 is 9.84 Å². The van der Waals surface area contributed by atoms with E-state index >= 15 is 0 Å². The van der Waals surface area contributed by atoms with Crippen LogP contribution in [0.3, 0.4) is 0 Å². The first-order chi connectivity index (χ1) is 14.7. The maximum atomic E-state index is 10.2. The molecule has 4 aromatic carbocycles. The van der Waals surface area contributed by atoms with Gasteiger partial charge in [-0.2, -0.15) is 9.97 Å². The SMILES string of the molecule is COc1ccc(-c2nc(Cl)nc(-c3ccc(O)c4ccccc34)n2)c2ccccc12. The molecule has 146 valence electrons. The summed E-state index contributed by atoms with van der Waals surface area (Å²) in [6, 6.07) is 22.7. The van der Waals surface area contributed by atoms with Crippen molar-refractivity contribution in [3.05, 3.63) is 78.1 Å². The van der Waals surface area contributed by atoms with E-state index in [2.05, 4.69) is 9.97 Å². The van der Waals surface area contributed by atoms with E-state index in [4.69, 9.17) is 21.3 Å². The molecule has 0 aliphatic carbocycles. The van der Waals surface area contributed by atoms with E-state index < -0.39 is 0 Å². The first kappa shape index (κ1) is 18.3. The molecule has 6 heteroatoms. The summed E-state index contributed by atoms with van der Waals surface area (Å²) in [5, 5.41) is 13.8. The number of aromatic hydroxyl groups is 1. The number of phenols is 1. The average Bonchev–Trinajstić information content (AvgIpc) is 2.78. The molecule has 0 spiro atoms. The van der Waals surface area contributed by atoms with E-state index in [0.717, 1.165) is 38.4 Å². The minimum Gasteiger partial charge on any atom is -0.507 e. The van der Waals surface area contributed by atoms with Gasteiger partial charge in [-0.05, 0) is 46.6 Å². The van der Waals surface area contributed by atoms with Gasteiger partial charge in [0.25, 0.3) is 0 Å². The fourth-order valence-corrected chi connectivity index (χ4v) is 3.87. The number of phenolic OH excluding ortho intramolecular Hbond substituents is 1. The third-order valence-electron chi connectivity index (χ3n) is 5.09. The van der Waals surface area contributed by atoms with E-state index in [0.29, 0.717) is 11.6 Å². The Hall–Kier alpha value is -3.70. The zero-order chi connectivity index (χ0) is 20.7. The molecule has 1 N–H and O–H groups in total. The lowest BCUT2D eigenvalue weighted by Crippen LogP contribution is -1.98. The monoisotopic (exact) mass is 413 g/mol. The van der Waals surface area contributed by atoms with Crippen LogP contribution < -0.4 is 4.74 Å². The molecule has 0 aliphatic heterocycles. The van der Waals surface area contributed by atoms with Gasteiger partial charge < -0.3 is 9.84 Å². The molecular formula is C24H16ClN3O2. The van der Waals surface area contributed by atoms with Crippen molar-refractivity contribution in [2.45, 2.75) is 0 Å². The van der Waals surface area contributed by atoms with E-state index in [1.165, 1.54) is 0 Å². The van der Waals surface area contributed by atoms with E-state index in [1.807, 2.05) is 60.7 Å². The highest BCUT2D eigenvalue weighted by molar-refractivity contribution is 6.28. The first-order valence-corrected chi connectivity index (χ1v) is 9.72. The number of hydrogen-bond acceptors (Lipinski definition) is 5. The summed E-state index contributed by atoms with van der Waals surface area (Å²) in [4.78, 5) is 13.5. The number of fused-ring (bicyclic) bond motifs is 2. The predicted octanol–water partition coefficient (Wildman–Crippen LogP) is 5.88. The number of nitrogens with zero attached hydrogens (tertiary/aromatic N) is 3. The minimum absolute atomic E-state index is 0.104. The van der Waals surface area contributed by atoms with Gasteiger partial charge in [-0.15, -0.1) is 0 Å². The maximum Gasteiger partial charge on any atom is 0.226 e. The Bertz CT molecular complexity index is 1420. The summed E-state index contributed by atoms with van der Waals surface area (Å²) >= 11 is 6.31. The lowest BCUT2D eigenvalue weighted by Gasteiger charge is -2.11. The Labute approximate surface area is 177 Å². The number of methoxy groups -OCH3 is 1. The molecule has 0 saturated heterocycles. The van der Waals surface area contributed by atoms with Crippen LogP contribution in [0.1, 0.15) is 0 Å². The summed E-state index contributed by atoms with van der Waals surface area (Å²) in [6.45, 7) is 0. The van der Waals surface area contributed by atoms with E-state index in [9.17, 15) is 5.11 Å².